The summed E-state index contributed by atoms with van der Waals surface area (Å²) < 4.78 is 0. The van der Waals surface area contributed by atoms with Crippen molar-refractivity contribution in [3.63, 3.8) is 0 Å². The Morgan fingerprint density at radius 3 is 1.76 bits per heavy atom. The van der Waals surface area contributed by atoms with Gasteiger partial charge in [-0.3, -0.25) is 15.0 Å². The van der Waals surface area contributed by atoms with E-state index in [0.29, 0.717) is 0 Å². The standard InChI is InChI=1S/C15H11N3.3ClH/c1-4-12(10-16-7-1)14-6-3-9-18-15(14)13-5-2-8-17-11-13;;;/h1-11H;3*1H. The van der Waals surface area contributed by atoms with Gasteiger partial charge < -0.3 is 0 Å². The minimum atomic E-state index is 0. The molecule has 0 aliphatic carbocycles. The van der Waals surface area contributed by atoms with Crippen molar-refractivity contribution in [1.29, 1.82) is 0 Å². The summed E-state index contributed by atoms with van der Waals surface area (Å²) in [4.78, 5) is 12.8. The van der Waals surface area contributed by atoms with Crippen molar-refractivity contribution < 1.29 is 0 Å². The minimum absolute atomic E-state index is 0. The van der Waals surface area contributed by atoms with Crippen LogP contribution in [0.3, 0.4) is 0 Å². The number of pyridine rings is 3. The molecule has 0 fully saturated rings. The average molecular weight is 343 g/mol. The fourth-order valence-corrected chi connectivity index (χ4v) is 1.89. The molecule has 3 heterocycles. The molecule has 3 aromatic heterocycles. The van der Waals surface area contributed by atoms with E-state index < -0.39 is 0 Å². The lowest BCUT2D eigenvalue weighted by molar-refractivity contribution is 1.27. The lowest BCUT2D eigenvalue weighted by atomic mass is 10.0. The molecule has 110 valence electrons. The summed E-state index contributed by atoms with van der Waals surface area (Å²) in [6.07, 6.45) is 8.99. The monoisotopic (exact) mass is 341 g/mol. The van der Waals surface area contributed by atoms with Crippen molar-refractivity contribution in [3.05, 3.63) is 67.4 Å². The predicted molar refractivity (Wildman–Crippen MR) is 92.4 cm³/mol. The first-order chi connectivity index (χ1) is 8.95. The molecule has 0 amide bonds. The van der Waals surface area contributed by atoms with Crippen LogP contribution in [-0.2, 0) is 0 Å². The van der Waals surface area contributed by atoms with Crippen molar-refractivity contribution >= 4 is 37.2 Å². The molecule has 21 heavy (non-hydrogen) atoms. The van der Waals surface area contributed by atoms with Gasteiger partial charge in [0.1, 0.15) is 0 Å². The Morgan fingerprint density at radius 1 is 0.619 bits per heavy atom. The molecule has 0 saturated carbocycles. The molecule has 0 aliphatic rings. The zero-order valence-corrected chi connectivity index (χ0v) is 13.4. The topological polar surface area (TPSA) is 38.7 Å². The molecule has 0 saturated heterocycles. The minimum Gasteiger partial charge on any atom is -0.264 e. The molecule has 0 bridgehead atoms. The third kappa shape index (κ3) is 4.39. The number of halogens is 3. The largest absolute Gasteiger partial charge is 0.264 e. The first kappa shape index (κ1) is 19.3. The smallest absolute Gasteiger partial charge is 0.0796 e. The first-order valence-corrected chi connectivity index (χ1v) is 5.71. The lowest BCUT2D eigenvalue weighted by Crippen LogP contribution is -1.89. The predicted octanol–water partition coefficient (Wildman–Crippen LogP) is 4.47. The van der Waals surface area contributed by atoms with E-state index >= 15 is 0 Å². The van der Waals surface area contributed by atoms with Crippen LogP contribution in [0.15, 0.2) is 67.4 Å². The highest BCUT2D eigenvalue weighted by atomic mass is 35.5. The Morgan fingerprint density at radius 2 is 1.19 bits per heavy atom. The number of aromatic nitrogens is 3. The van der Waals surface area contributed by atoms with Gasteiger partial charge in [-0.05, 0) is 24.3 Å². The maximum absolute atomic E-state index is 4.46. The highest BCUT2D eigenvalue weighted by Gasteiger charge is 2.07. The van der Waals surface area contributed by atoms with Gasteiger partial charge in [-0.1, -0.05) is 12.1 Å². The second-order valence-electron chi connectivity index (χ2n) is 3.88. The van der Waals surface area contributed by atoms with Crippen molar-refractivity contribution in [2.45, 2.75) is 0 Å². The summed E-state index contributed by atoms with van der Waals surface area (Å²) >= 11 is 0. The van der Waals surface area contributed by atoms with Crippen molar-refractivity contribution in [3.8, 4) is 22.4 Å². The molecule has 0 aromatic carbocycles. The second-order valence-corrected chi connectivity index (χ2v) is 3.88. The molecule has 3 aromatic rings. The van der Waals surface area contributed by atoms with Crippen LogP contribution >= 0.6 is 37.2 Å². The molecule has 0 radical (unpaired) electrons. The van der Waals surface area contributed by atoms with E-state index in [-0.39, 0.29) is 37.2 Å². The molecular weight excluding hydrogens is 329 g/mol. The maximum atomic E-state index is 4.46. The van der Waals surface area contributed by atoms with Gasteiger partial charge in [-0.2, -0.15) is 0 Å². The summed E-state index contributed by atoms with van der Waals surface area (Å²) in [6.45, 7) is 0. The summed E-state index contributed by atoms with van der Waals surface area (Å²) in [6, 6.07) is 11.9. The van der Waals surface area contributed by atoms with Crippen molar-refractivity contribution in [1.82, 2.24) is 15.0 Å². The van der Waals surface area contributed by atoms with Crippen LogP contribution in [-0.4, -0.2) is 15.0 Å². The molecule has 0 N–H and O–H groups in total. The normalized spacial score (nSPS) is 8.76. The zero-order valence-electron chi connectivity index (χ0n) is 10.9. The SMILES string of the molecule is Cl.Cl.Cl.c1cncc(-c2cccnc2-c2cccnc2)c1. The van der Waals surface area contributed by atoms with E-state index in [0.717, 1.165) is 22.4 Å². The van der Waals surface area contributed by atoms with E-state index in [9.17, 15) is 0 Å². The van der Waals surface area contributed by atoms with Crippen LogP contribution in [0.1, 0.15) is 0 Å². The number of nitrogens with zero attached hydrogens (tertiary/aromatic N) is 3. The Hall–Kier alpha value is -1.68. The van der Waals surface area contributed by atoms with Crippen LogP contribution in [0.4, 0.5) is 0 Å². The molecule has 3 rings (SSSR count). The summed E-state index contributed by atoms with van der Waals surface area (Å²) in [5, 5.41) is 0. The van der Waals surface area contributed by atoms with Crippen molar-refractivity contribution in [2.75, 3.05) is 0 Å². The van der Waals surface area contributed by atoms with Gasteiger partial charge in [-0.15, -0.1) is 37.2 Å². The molecule has 0 spiro atoms. The fourth-order valence-electron chi connectivity index (χ4n) is 1.89. The highest BCUT2D eigenvalue weighted by Crippen LogP contribution is 2.28. The van der Waals surface area contributed by atoms with E-state index in [1.54, 1.807) is 18.6 Å². The average Bonchev–Trinajstić information content (AvgIpc) is 2.49. The van der Waals surface area contributed by atoms with E-state index in [4.69, 9.17) is 0 Å². The first-order valence-electron chi connectivity index (χ1n) is 5.71. The van der Waals surface area contributed by atoms with Gasteiger partial charge >= 0.3 is 0 Å². The van der Waals surface area contributed by atoms with Crippen LogP contribution in [0.25, 0.3) is 22.4 Å². The van der Waals surface area contributed by atoms with Crippen molar-refractivity contribution in [2.24, 2.45) is 0 Å². The van der Waals surface area contributed by atoms with E-state index in [1.165, 1.54) is 0 Å². The van der Waals surface area contributed by atoms with Gasteiger partial charge in [0.2, 0.25) is 0 Å². The molecule has 3 nitrogen and oxygen atoms in total. The van der Waals surface area contributed by atoms with Gasteiger partial charge in [0.25, 0.3) is 0 Å². The molecule has 0 atom stereocenters. The third-order valence-corrected chi connectivity index (χ3v) is 2.72. The van der Waals surface area contributed by atoms with Crippen LogP contribution in [0.2, 0.25) is 0 Å². The lowest BCUT2D eigenvalue weighted by Gasteiger charge is -2.07. The maximum Gasteiger partial charge on any atom is 0.0796 e. The van der Waals surface area contributed by atoms with Crippen LogP contribution in [0.5, 0.6) is 0 Å². The molecular formula is C15H14Cl3N3. The Labute approximate surface area is 142 Å². The Balaban J connectivity index is 0.00000133. The molecule has 0 unspecified atom stereocenters. The van der Waals surface area contributed by atoms with Gasteiger partial charge in [0, 0.05) is 47.7 Å². The third-order valence-electron chi connectivity index (χ3n) is 2.72. The fraction of sp³-hybridized carbons (Fsp3) is 0. The summed E-state index contributed by atoms with van der Waals surface area (Å²) in [5.41, 5.74) is 4.07. The van der Waals surface area contributed by atoms with Gasteiger partial charge in [0.15, 0.2) is 0 Å². The Kier molecular flexibility index (Phi) is 8.55. The number of hydrogen-bond acceptors (Lipinski definition) is 3. The quantitative estimate of drug-likeness (QED) is 0.689. The zero-order chi connectivity index (χ0) is 12.2. The molecule has 0 aliphatic heterocycles. The van der Waals surface area contributed by atoms with Crippen LogP contribution < -0.4 is 0 Å². The highest BCUT2D eigenvalue weighted by molar-refractivity contribution is 5.86. The van der Waals surface area contributed by atoms with Crippen LogP contribution in [0, 0.1) is 0 Å². The molecule has 6 heteroatoms. The Bertz CT molecular complexity index is 590. The summed E-state index contributed by atoms with van der Waals surface area (Å²) in [5.74, 6) is 0. The van der Waals surface area contributed by atoms with E-state index in [1.807, 2.05) is 48.8 Å². The number of rotatable bonds is 2. The van der Waals surface area contributed by atoms with Gasteiger partial charge in [0.05, 0.1) is 5.69 Å². The van der Waals surface area contributed by atoms with E-state index in [2.05, 4.69) is 15.0 Å². The van der Waals surface area contributed by atoms with Gasteiger partial charge in [-0.25, -0.2) is 0 Å². The summed E-state index contributed by atoms with van der Waals surface area (Å²) in [7, 11) is 0. The second kappa shape index (κ2) is 9.29. The number of hydrogen-bond donors (Lipinski definition) is 0.